The van der Waals surface area contributed by atoms with Crippen LogP contribution in [0.25, 0.3) is 0 Å². The summed E-state index contributed by atoms with van der Waals surface area (Å²) in [5.41, 5.74) is 0. The third-order valence-electron chi connectivity index (χ3n) is 2.13. The monoisotopic (exact) mass is 187 g/mol. The summed E-state index contributed by atoms with van der Waals surface area (Å²) in [4.78, 5) is 4.44. The molecule has 0 spiro atoms. The summed E-state index contributed by atoms with van der Waals surface area (Å²) in [6.07, 6.45) is 5.72. The van der Waals surface area contributed by atoms with Crippen molar-refractivity contribution in [3.8, 4) is 0 Å². The van der Waals surface area contributed by atoms with E-state index in [2.05, 4.69) is 4.99 Å². The van der Waals surface area contributed by atoms with Gasteiger partial charge in [-0.1, -0.05) is 36.4 Å². The molecule has 1 aliphatic heterocycles. The van der Waals surface area contributed by atoms with E-state index in [4.69, 9.17) is 0 Å². The Morgan fingerprint density at radius 1 is 1.36 bits per heavy atom. The van der Waals surface area contributed by atoms with E-state index in [0.717, 1.165) is 11.8 Å². The average molecular weight is 187 g/mol. The van der Waals surface area contributed by atoms with Gasteiger partial charge in [0.1, 0.15) is 4.38 Å². The van der Waals surface area contributed by atoms with Crippen LogP contribution < -0.4 is 0 Å². The number of nitrogens with zero attached hydrogens (tertiary/aromatic N) is 1. The van der Waals surface area contributed by atoms with Gasteiger partial charge in [-0.25, -0.2) is 0 Å². The third kappa shape index (κ3) is 2.15. The van der Waals surface area contributed by atoms with Gasteiger partial charge in [-0.15, -0.1) is 0 Å². The van der Waals surface area contributed by atoms with Crippen molar-refractivity contribution in [3.63, 3.8) is 0 Å². The Morgan fingerprint density at radius 3 is 2.82 bits per heavy atom. The van der Waals surface area contributed by atoms with E-state index in [1.165, 1.54) is 35.8 Å². The molecule has 11 heavy (non-hydrogen) atoms. The SMILES string of the molecule is C1CCC(SC2=NCCS2)C1. The molecule has 1 heterocycles. The van der Waals surface area contributed by atoms with Crippen molar-refractivity contribution < 1.29 is 0 Å². The first-order valence-corrected chi connectivity index (χ1v) is 6.15. The molecule has 0 bridgehead atoms. The maximum absolute atomic E-state index is 4.44. The van der Waals surface area contributed by atoms with Crippen molar-refractivity contribution in [2.75, 3.05) is 12.3 Å². The van der Waals surface area contributed by atoms with Crippen LogP contribution in [0.15, 0.2) is 4.99 Å². The first kappa shape index (κ1) is 7.99. The fourth-order valence-corrected chi connectivity index (χ4v) is 4.03. The van der Waals surface area contributed by atoms with E-state index in [0.29, 0.717) is 0 Å². The fraction of sp³-hybridized carbons (Fsp3) is 0.875. The largest absolute Gasteiger partial charge is 0.271 e. The summed E-state index contributed by atoms with van der Waals surface area (Å²) in [6, 6.07) is 0. The molecule has 0 aromatic carbocycles. The number of rotatable bonds is 1. The predicted octanol–water partition coefficient (Wildman–Crippen LogP) is 2.77. The van der Waals surface area contributed by atoms with Gasteiger partial charge in [0, 0.05) is 11.0 Å². The van der Waals surface area contributed by atoms with Crippen molar-refractivity contribution in [3.05, 3.63) is 0 Å². The second-order valence-corrected chi connectivity index (χ2v) is 5.65. The van der Waals surface area contributed by atoms with Gasteiger partial charge in [0.15, 0.2) is 0 Å². The number of thioether (sulfide) groups is 2. The second kappa shape index (κ2) is 3.85. The Balaban J connectivity index is 1.79. The van der Waals surface area contributed by atoms with Crippen LogP contribution in [0.3, 0.4) is 0 Å². The van der Waals surface area contributed by atoms with Crippen molar-refractivity contribution in [1.29, 1.82) is 0 Å². The number of hydrogen-bond acceptors (Lipinski definition) is 3. The lowest BCUT2D eigenvalue weighted by Gasteiger charge is -2.05. The van der Waals surface area contributed by atoms with Crippen LogP contribution >= 0.6 is 23.5 Å². The van der Waals surface area contributed by atoms with Gasteiger partial charge in [-0.3, -0.25) is 4.99 Å². The lowest BCUT2D eigenvalue weighted by atomic mass is 10.4. The molecule has 0 N–H and O–H groups in total. The van der Waals surface area contributed by atoms with Crippen LogP contribution in [0.5, 0.6) is 0 Å². The van der Waals surface area contributed by atoms with Crippen molar-refractivity contribution in [2.24, 2.45) is 4.99 Å². The van der Waals surface area contributed by atoms with E-state index >= 15 is 0 Å². The summed E-state index contributed by atoms with van der Waals surface area (Å²) in [5, 5.41) is 0.902. The summed E-state index contributed by atoms with van der Waals surface area (Å²) in [5.74, 6) is 1.22. The number of aliphatic imine (C=N–C) groups is 1. The maximum Gasteiger partial charge on any atom is 0.124 e. The number of hydrogen-bond donors (Lipinski definition) is 0. The molecule has 1 saturated carbocycles. The molecule has 1 fully saturated rings. The normalized spacial score (nSPS) is 26.0. The molecule has 0 radical (unpaired) electrons. The second-order valence-electron chi connectivity index (χ2n) is 3.02. The van der Waals surface area contributed by atoms with Crippen LogP contribution in [0.2, 0.25) is 0 Å². The fourth-order valence-electron chi connectivity index (χ4n) is 1.54. The third-order valence-corrected chi connectivity index (χ3v) is 4.67. The van der Waals surface area contributed by atoms with Gasteiger partial charge in [-0.05, 0) is 12.8 Å². The molecule has 0 amide bonds. The molecular formula is C8H13NS2. The van der Waals surface area contributed by atoms with Gasteiger partial charge >= 0.3 is 0 Å². The van der Waals surface area contributed by atoms with E-state index in [1.807, 2.05) is 23.5 Å². The Morgan fingerprint density at radius 2 is 2.18 bits per heavy atom. The van der Waals surface area contributed by atoms with Gasteiger partial charge in [0.2, 0.25) is 0 Å². The highest BCUT2D eigenvalue weighted by Crippen LogP contribution is 2.34. The van der Waals surface area contributed by atoms with Gasteiger partial charge < -0.3 is 0 Å². The van der Waals surface area contributed by atoms with Gasteiger partial charge in [0.05, 0.1) is 6.54 Å². The zero-order valence-electron chi connectivity index (χ0n) is 6.58. The van der Waals surface area contributed by atoms with Crippen LogP contribution in [0, 0.1) is 0 Å². The summed E-state index contributed by atoms with van der Waals surface area (Å²) < 4.78 is 1.36. The standard InChI is InChI=1S/C8H13NS2/c1-2-4-7(3-1)11-8-9-5-6-10-8/h7H,1-6H2. The summed E-state index contributed by atoms with van der Waals surface area (Å²) in [7, 11) is 0. The van der Waals surface area contributed by atoms with E-state index in [-0.39, 0.29) is 0 Å². The van der Waals surface area contributed by atoms with Crippen LogP contribution in [0.4, 0.5) is 0 Å². The summed E-state index contributed by atoms with van der Waals surface area (Å²) >= 11 is 3.97. The van der Waals surface area contributed by atoms with Gasteiger partial charge in [0.25, 0.3) is 0 Å². The van der Waals surface area contributed by atoms with E-state index < -0.39 is 0 Å². The zero-order chi connectivity index (χ0) is 7.52. The van der Waals surface area contributed by atoms with Crippen molar-refractivity contribution in [1.82, 2.24) is 0 Å². The highest BCUT2D eigenvalue weighted by atomic mass is 32.2. The molecule has 62 valence electrons. The predicted molar refractivity (Wildman–Crippen MR) is 54.6 cm³/mol. The lowest BCUT2D eigenvalue weighted by Crippen LogP contribution is -1.96. The molecule has 0 saturated heterocycles. The molecule has 0 aromatic heterocycles. The quantitative estimate of drug-likeness (QED) is 0.626. The minimum atomic E-state index is 0.902. The Kier molecular flexibility index (Phi) is 2.80. The topological polar surface area (TPSA) is 12.4 Å². The van der Waals surface area contributed by atoms with Crippen molar-refractivity contribution in [2.45, 2.75) is 30.9 Å². The van der Waals surface area contributed by atoms with Crippen LogP contribution in [-0.2, 0) is 0 Å². The minimum absolute atomic E-state index is 0.902. The lowest BCUT2D eigenvalue weighted by molar-refractivity contribution is 0.886. The molecule has 3 heteroatoms. The molecule has 1 nitrogen and oxygen atoms in total. The van der Waals surface area contributed by atoms with E-state index in [1.54, 1.807) is 0 Å². The van der Waals surface area contributed by atoms with Crippen molar-refractivity contribution >= 4 is 27.9 Å². The Labute approximate surface area is 76.4 Å². The van der Waals surface area contributed by atoms with Gasteiger partial charge in [-0.2, -0.15) is 0 Å². The first-order valence-electron chi connectivity index (χ1n) is 4.29. The smallest absolute Gasteiger partial charge is 0.124 e. The highest BCUT2D eigenvalue weighted by Gasteiger charge is 2.19. The first-order chi connectivity index (χ1) is 5.45. The maximum atomic E-state index is 4.44. The Hall–Kier alpha value is 0.370. The molecule has 1 aliphatic carbocycles. The highest BCUT2D eigenvalue weighted by molar-refractivity contribution is 8.39. The molecule has 0 atom stereocenters. The van der Waals surface area contributed by atoms with Crippen LogP contribution in [0.1, 0.15) is 25.7 Å². The van der Waals surface area contributed by atoms with Crippen LogP contribution in [-0.4, -0.2) is 21.9 Å². The molecular weight excluding hydrogens is 174 g/mol. The zero-order valence-corrected chi connectivity index (χ0v) is 8.22. The molecule has 0 aromatic rings. The summed E-state index contributed by atoms with van der Waals surface area (Å²) in [6.45, 7) is 1.06. The Bertz CT molecular complexity index is 161. The molecule has 2 aliphatic rings. The molecule has 0 unspecified atom stereocenters. The average Bonchev–Trinajstić information content (AvgIpc) is 2.60. The van der Waals surface area contributed by atoms with E-state index in [9.17, 15) is 0 Å². The minimum Gasteiger partial charge on any atom is -0.271 e. The molecule has 2 rings (SSSR count).